The zero-order valence-corrected chi connectivity index (χ0v) is 10.9. The second kappa shape index (κ2) is 6.19. The first-order valence-electron chi connectivity index (χ1n) is 5.47. The average molecular weight is 224 g/mol. The number of benzene rings is 1. The fraction of sp³-hybridized carbons (Fsp3) is 0.538. The van der Waals surface area contributed by atoms with Crippen LogP contribution in [0.25, 0.3) is 0 Å². The maximum absolute atomic E-state index is 5.48. The van der Waals surface area contributed by atoms with Crippen molar-refractivity contribution < 1.29 is 4.74 Å². The quantitative estimate of drug-likeness (QED) is 0.703. The van der Waals surface area contributed by atoms with E-state index in [1.165, 1.54) is 21.6 Å². The molecule has 1 aromatic carbocycles. The summed E-state index contributed by atoms with van der Waals surface area (Å²) in [7, 11) is 0. The Labute approximate surface area is 97.2 Å². The van der Waals surface area contributed by atoms with E-state index in [1.54, 1.807) is 11.8 Å². The summed E-state index contributed by atoms with van der Waals surface area (Å²) in [6.45, 7) is 7.93. The van der Waals surface area contributed by atoms with Crippen LogP contribution in [-0.2, 0) is 17.8 Å². The molecule has 0 aromatic heterocycles. The monoisotopic (exact) mass is 224 g/mol. The van der Waals surface area contributed by atoms with Crippen molar-refractivity contribution in [2.75, 3.05) is 12.9 Å². The van der Waals surface area contributed by atoms with E-state index in [4.69, 9.17) is 4.74 Å². The lowest BCUT2D eigenvalue weighted by Crippen LogP contribution is -1.97. The van der Waals surface area contributed by atoms with Crippen molar-refractivity contribution in [3.63, 3.8) is 0 Å². The van der Waals surface area contributed by atoms with Crippen molar-refractivity contribution in [2.24, 2.45) is 0 Å². The highest BCUT2D eigenvalue weighted by atomic mass is 32.2. The predicted molar refractivity (Wildman–Crippen MR) is 67.7 cm³/mol. The van der Waals surface area contributed by atoms with Crippen LogP contribution in [0.1, 0.15) is 30.5 Å². The summed E-state index contributed by atoms with van der Waals surface area (Å²) in [6, 6.07) is 4.56. The minimum absolute atomic E-state index is 0.734. The van der Waals surface area contributed by atoms with E-state index in [2.05, 4.69) is 32.2 Å². The normalized spacial score (nSPS) is 10.7. The molecular weight excluding hydrogens is 204 g/mol. The highest BCUT2D eigenvalue weighted by Crippen LogP contribution is 2.25. The van der Waals surface area contributed by atoms with Crippen LogP contribution in [0.5, 0.6) is 0 Å². The Morgan fingerprint density at radius 2 is 1.93 bits per heavy atom. The maximum atomic E-state index is 5.48. The first-order valence-corrected chi connectivity index (χ1v) is 6.69. The molecule has 0 radical (unpaired) electrons. The van der Waals surface area contributed by atoms with E-state index in [1.807, 2.05) is 6.92 Å². The van der Waals surface area contributed by atoms with Gasteiger partial charge in [-0.25, -0.2) is 0 Å². The van der Waals surface area contributed by atoms with Gasteiger partial charge in [0.05, 0.1) is 6.61 Å². The number of rotatable bonds is 5. The van der Waals surface area contributed by atoms with Gasteiger partial charge in [0.1, 0.15) is 0 Å². The molecule has 0 aliphatic heterocycles. The molecular formula is C13H20OS. The summed E-state index contributed by atoms with van der Waals surface area (Å²) >= 11 is 1.80. The molecule has 0 saturated carbocycles. The second-order valence-electron chi connectivity index (χ2n) is 3.58. The molecule has 1 nitrogen and oxygen atoms in total. The van der Waals surface area contributed by atoms with Gasteiger partial charge in [0, 0.05) is 11.5 Å². The van der Waals surface area contributed by atoms with Crippen molar-refractivity contribution in [2.45, 2.75) is 38.7 Å². The van der Waals surface area contributed by atoms with Crippen LogP contribution < -0.4 is 0 Å². The fourth-order valence-electron chi connectivity index (χ4n) is 1.69. The third kappa shape index (κ3) is 3.25. The van der Waals surface area contributed by atoms with Gasteiger partial charge in [0.15, 0.2) is 0 Å². The van der Waals surface area contributed by atoms with Crippen LogP contribution >= 0.6 is 11.8 Å². The molecule has 15 heavy (non-hydrogen) atoms. The van der Waals surface area contributed by atoms with E-state index in [0.717, 1.165) is 19.6 Å². The average Bonchev–Trinajstić information content (AvgIpc) is 2.26. The third-order valence-corrected chi connectivity index (χ3v) is 3.40. The molecule has 0 spiro atoms. The van der Waals surface area contributed by atoms with Gasteiger partial charge < -0.3 is 4.74 Å². The zero-order valence-electron chi connectivity index (χ0n) is 10.1. The Morgan fingerprint density at radius 1 is 1.20 bits per heavy atom. The standard InChI is InChI=1S/C13H20OS/c1-5-11-8-13(15-4)12(7-10(11)3)9-14-6-2/h7-8H,5-6,9H2,1-4H3. The molecule has 0 saturated heterocycles. The van der Waals surface area contributed by atoms with Gasteiger partial charge in [-0.05, 0) is 49.3 Å². The van der Waals surface area contributed by atoms with Crippen molar-refractivity contribution in [3.05, 3.63) is 28.8 Å². The highest BCUT2D eigenvalue weighted by molar-refractivity contribution is 7.98. The molecule has 0 aliphatic carbocycles. The molecule has 0 bridgehead atoms. The number of hydrogen-bond acceptors (Lipinski definition) is 2. The zero-order chi connectivity index (χ0) is 11.3. The van der Waals surface area contributed by atoms with Crippen LogP contribution in [0.4, 0.5) is 0 Å². The maximum Gasteiger partial charge on any atom is 0.0727 e. The molecule has 0 amide bonds. The lowest BCUT2D eigenvalue weighted by atomic mass is 10.0. The van der Waals surface area contributed by atoms with Crippen molar-refractivity contribution in [1.29, 1.82) is 0 Å². The second-order valence-corrected chi connectivity index (χ2v) is 4.43. The summed E-state index contributed by atoms with van der Waals surface area (Å²) in [5.41, 5.74) is 4.14. The molecule has 1 rings (SSSR count). The Kier molecular flexibility index (Phi) is 5.20. The number of thioether (sulfide) groups is 1. The minimum Gasteiger partial charge on any atom is -0.377 e. The van der Waals surface area contributed by atoms with E-state index >= 15 is 0 Å². The lowest BCUT2D eigenvalue weighted by Gasteiger charge is -2.12. The van der Waals surface area contributed by atoms with Crippen molar-refractivity contribution in [3.8, 4) is 0 Å². The van der Waals surface area contributed by atoms with Gasteiger partial charge >= 0.3 is 0 Å². The van der Waals surface area contributed by atoms with Gasteiger partial charge in [-0.2, -0.15) is 0 Å². The molecule has 2 heteroatoms. The Balaban J connectivity index is 2.98. The van der Waals surface area contributed by atoms with Crippen LogP contribution in [0.3, 0.4) is 0 Å². The van der Waals surface area contributed by atoms with E-state index in [-0.39, 0.29) is 0 Å². The van der Waals surface area contributed by atoms with Gasteiger partial charge in [0.2, 0.25) is 0 Å². The largest absolute Gasteiger partial charge is 0.377 e. The lowest BCUT2D eigenvalue weighted by molar-refractivity contribution is 0.132. The summed E-state index contributed by atoms with van der Waals surface area (Å²) in [4.78, 5) is 1.35. The summed E-state index contributed by atoms with van der Waals surface area (Å²) in [5, 5.41) is 0. The van der Waals surface area contributed by atoms with E-state index < -0.39 is 0 Å². The highest BCUT2D eigenvalue weighted by Gasteiger charge is 2.05. The number of aryl methyl sites for hydroxylation is 2. The van der Waals surface area contributed by atoms with Gasteiger partial charge in [-0.1, -0.05) is 13.0 Å². The molecule has 0 heterocycles. The van der Waals surface area contributed by atoms with Crippen molar-refractivity contribution >= 4 is 11.8 Å². The molecule has 1 aromatic rings. The Hall–Kier alpha value is -0.470. The first-order chi connectivity index (χ1) is 7.22. The van der Waals surface area contributed by atoms with Gasteiger partial charge in [-0.15, -0.1) is 11.8 Å². The predicted octanol–water partition coefficient (Wildman–Crippen LogP) is 3.82. The van der Waals surface area contributed by atoms with Crippen molar-refractivity contribution in [1.82, 2.24) is 0 Å². The summed E-state index contributed by atoms with van der Waals surface area (Å²) in [6.07, 6.45) is 3.23. The number of hydrogen-bond donors (Lipinski definition) is 0. The topological polar surface area (TPSA) is 9.23 Å². The molecule has 0 fully saturated rings. The van der Waals surface area contributed by atoms with Crippen LogP contribution in [-0.4, -0.2) is 12.9 Å². The fourth-order valence-corrected chi connectivity index (χ4v) is 2.33. The Morgan fingerprint density at radius 3 is 2.47 bits per heavy atom. The van der Waals surface area contributed by atoms with Gasteiger partial charge in [0.25, 0.3) is 0 Å². The number of ether oxygens (including phenoxy) is 1. The third-order valence-electron chi connectivity index (χ3n) is 2.58. The van der Waals surface area contributed by atoms with E-state index in [9.17, 15) is 0 Å². The van der Waals surface area contributed by atoms with Crippen LogP contribution in [0, 0.1) is 6.92 Å². The minimum atomic E-state index is 0.734. The molecule has 0 atom stereocenters. The summed E-state index contributed by atoms with van der Waals surface area (Å²) in [5.74, 6) is 0. The Bertz CT molecular complexity index is 321. The smallest absolute Gasteiger partial charge is 0.0727 e. The first kappa shape index (κ1) is 12.6. The molecule has 0 unspecified atom stereocenters. The summed E-state index contributed by atoms with van der Waals surface area (Å²) < 4.78 is 5.48. The van der Waals surface area contributed by atoms with Crippen LogP contribution in [0.2, 0.25) is 0 Å². The van der Waals surface area contributed by atoms with E-state index in [0.29, 0.717) is 0 Å². The van der Waals surface area contributed by atoms with Crippen LogP contribution in [0.15, 0.2) is 17.0 Å². The SMILES string of the molecule is CCOCc1cc(C)c(CC)cc1SC. The van der Waals surface area contributed by atoms with Gasteiger partial charge in [-0.3, -0.25) is 0 Å². The molecule has 0 N–H and O–H groups in total. The molecule has 0 aliphatic rings. The molecule has 84 valence electrons.